The summed E-state index contributed by atoms with van der Waals surface area (Å²) in [5.74, 6) is -0.375. The minimum atomic E-state index is -0.375. The van der Waals surface area contributed by atoms with E-state index in [4.69, 9.17) is 5.53 Å². The molecule has 0 aliphatic rings. The van der Waals surface area contributed by atoms with E-state index in [9.17, 15) is 4.79 Å². The highest BCUT2D eigenvalue weighted by Crippen LogP contribution is 1.84. The third-order valence-electron chi connectivity index (χ3n) is 0.894. The molecule has 0 radical (unpaired) electrons. The molecule has 0 fully saturated rings. The fraction of sp³-hybridized carbons (Fsp3) is 0.750. The monoisotopic (exact) mass is 144 g/mol. The van der Waals surface area contributed by atoms with Crippen molar-refractivity contribution in [1.29, 1.82) is 0 Å². The Bertz CT molecular complexity index is 163. The Labute approximate surface area is 58.0 Å². The van der Waals surface area contributed by atoms with Crippen molar-refractivity contribution in [2.24, 2.45) is 5.11 Å². The van der Waals surface area contributed by atoms with E-state index in [-0.39, 0.29) is 12.5 Å². The van der Waals surface area contributed by atoms with Gasteiger partial charge in [0.2, 0.25) is 0 Å². The van der Waals surface area contributed by atoms with E-state index < -0.39 is 0 Å². The number of azide groups is 1. The van der Waals surface area contributed by atoms with Gasteiger partial charge in [-0.05, 0) is 5.53 Å². The van der Waals surface area contributed by atoms with Crippen LogP contribution in [0.5, 0.6) is 0 Å². The minimum absolute atomic E-state index is 0.208. The first-order chi connectivity index (χ1) is 4.72. The van der Waals surface area contributed by atoms with E-state index in [0.717, 1.165) is 5.06 Å². The van der Waals surface area contributed by atoms with E-state index in [1.807, 2.05) is 0 Å². The summed E-state index contributed by atoms with van der Waals surface area (Å²) in [5.41, 5.74) is 7.82. The zero-order valence-corrected chi connectivity index (χ0v) is 5.81. The molecule has 0 spiro atoms. The summed E-state index contributed by atoms with van der Waals surface area (Å²) in [6.07, 6.45) is 0. The number of nitrogens with zero attached hydrogens (tertiary/aromatic N) is 4. The Hall–Kier alpha value is -1.26. The van der Waals surface area contributed by atoms with Gasteiger partial charge in [-0.1, -0.05) is 5.11 Å². The predicted molar refractivity (Wildman–Crippen MR) is 33.8 cm³/mol. The van der Waals surface area contributed by atoms with Crippen LogP contribution in [0.1, 0.15) is 0 Å². The lowest BCUT2D eigenvalue weighted by Gasteiger charge is -2.10. The summed E-state index contributed by atoms with van der Waals surface area (Å²) >= 11 is 0. The van der Waals surface area contributed by atoms with Gasteiger partial charge in [0.15, 0.2) is 0 Å². The Morgan fingerprint density at radius 2 is 2.50 bits per heavy atom. The van der Waals surface area contributed by atoms with Crippen LogP contribution in [-0.4, -0.2) is 31.7 Å². The second kappa shape index (κ2) is 4.60. The van der Waals surface area contributed by atoms with Crippen LogP contribution in [-0.2, 0) is 9.63 Å². The molecule has 6 nitrogen and oxygen atoms in total. The van der Waals surface area contributed by atoms with Crippen LogP contribution in [0.2, 0.25) is 0 Å². The first kappa shape index (κ1) is 8.74. The number of likely N-dealkylation sites (N-methyl/N-ethyl adjacent to an activating group) is 1. The topological polar surface area (TPSA) is 78.3 Å². The van der Waals surface area contributed by atoms with Crippen molar-refractivity contribution in [3.8, 4) is 0 Å². The van der Waals surface area contributed by atoms with E-state index in [0.29, 0.717) is 0 Å². The van der Waals surface area contributed by atoms with E-state index in [2.05, 4.69) is 14.9 Å². The Balaban J connectivity index is 3.72. The molecule has 0 aromatic heterocycles. The molecule has 0 aliphatic carbocycles. The molecule has 56 valence electrons. The Morgan fingerprint density at radius 3 is 2.90 bits per heavy atom. The highest BCUT2D eigenvalue weighted by Gasteiger charge is 2.03. The summed E-state index contributed by atoms with van der Waals surface area (Å²) in [5, 5.41) is 4.04. The quantitative estimate of drug-likeness (QED) is 0.247. The first-order valence-corrected chi connectivity index (χ1v) is 2.54. The predicted octanol–water partition coefficient (Wildman–Crippen LogP) is 0.316. The van der Waals surface area contributed by atoms with E-state index in [1.165, 1.54) is 14.2 Å². The molecule has 0 bridgehead atoms. The number of hydrogen-bond acceptors (Lipinski definition) is 3. The molecule has 0 aliphatic heterocycles. The van der Waals surface area contributed by atoms with Gasteiger partial charge in [-0.15, -0.1) is 0 Å². The Kier molecular flexibility index (Phi) is 4.02. The molecule has 0 rings (SSSR count). The van der Waals surface area contributed by atoms with Crippen molar-refractivity contribution in [3.05, 3.63) is 10.4 Å². The van der Waals surface area contributed by atoms with Crippen LogP contribution in [0.4, 0.5) is 0 Å². The maximum atomic E-state index is 10.7. The lowest BCUT2D eigenvalue weighted by Crippen LogP contribution is -2.27. The molecule has 0 unspecified atom stereocenters. The highest BCUT2D eigenvalue weighted by atomic mass is 16.7. The fourth-order valence-corrected chi connectivity index (χ4v) is 0.294. The van der Waals surface area contributed by atoms with Crippen LogP contribution >= 0.6 is 0 Å². The molecular formula is C4H8N4O2. The molecule has 10 heavy (non-hydrogen) atoms. The molecule has 0 heterocycles. The third-order valence-corrected chi connectivity index (χ3v) is 0.894. The number of rotatable bonds is 3. The van der Waals surface area contributed by atoms with Gasteiger partial charge in [-0.2, -0.15) is 0 Å². The summed E-state index contributed by atoms with van der Waals surface area (Å²) in [4.78, 5) is 17.6. The van der Waals surface area contributed by atoms with Gasteiger partial charge in [0.1, 0.15) is 6.54 Å². The lowest BCUT2D eigenvalue weighted by atomic mass is 10.6. The zero-order valence-electron chi connectivity index (χ0n) is 5.81. The van der Waals surface area contributed by atoms with E-state index in [1.54, 1.807) is 0 Å². The largest absolute Gasteiger partial charge is 0.275 e. The van der Waals surface area contributed by atoms with Gasteiger partial charge in [-0.3, -0.25) is 9.63 Å². The third kappa shape index (κ3) is 2.91. The Morgan fingerprint density at radius 1 is 1.90 bits per heavy atom. The van der Waals surface area contributed by atoms with Crippen molar-refractivity contribution >= 4 is 5.91 Å². The van der Waals surface area contributed by atoms with Crippen molar-refractivity contribution in [2.75, 3.05) is 20.7 Å². The molecule has 1 amide bonds. The summed E-state index contributed by atoms with van der Waals surface area (Å²) < 4.78 is 0. The normalized spacial score (nSPS) is 8.20. The van der Waals surface area contributed by atoms with Crippen LogP contribution in [0.15, 0.2) is 5.11 Å². The van der Waals surface area contributed by atoms with Gasteiger partial charge in [0, 0.05) is 12.0 Å². The maximum Gasteiger partial charge on any atom is 0.251 e. The number of carbonyl (C=O) groups excluding carboxylic acids is 1. The van der Waals surface area contributed by atoms with Gasteiger partial charge in [0.25, 0.3) is 5.91 Å². The molecule has 6 heteroatoms. The van der Waals surface area contributed by atoms with Gasteiger partial charge < -0.3 is 0 Å². The highest BCUT2D eigenvalue weighted by molar-refractivity contribution is 5.76. The second-order valence-electron chi connectivity index (χ2n) is 1.46. The van der Waals surface area contributed by atoms with Gasteiger partial charge in [-0.25, -0.2) is 5.06 Å². The van der Waals surface area contributed by atoms with Gasteiger partial charge >= 0.3 is 0 Å². The van der Waals surface area contributed by atoms with Crippen molar-refractivity contribution in [3.63, 3.8) is 0 Å². The average molecular weight is 144 g/mol. The van der Waals surface area contributed by atoms with Gasteiger partial charge in [0.05, 0.1) is 7.11 Å². The summed E-state index contributed by atoms with van der Waals surface area (Å²) in [6.45, 7) is -0.208. The molecule has 0 saturated heterocycles. The standard InChI is InChI=1S/C4H8N4O2/c1-8(10-2)4(9)3-6-7-5/h3H2,1-2H3. The lowest BCUT2D eigenvalue weighted by molar-refractivity contribution is -0.166. The summed E-state index contributed by atoms with van der Waals surface area (Å²) in [7, 11) is 2.79. The minimum Gasteiger partial charge on any atom is -0.275 e. The van der Waals surface area contributed by atoms with Crippen LogP contribution in [0.3, 0.4) is 0 Å². The van der Waals surface area contributed by atoms with E-state index >= 15 is 0 Å². The number of carbonyl (C=O) groups is 1. The first-order valence-electron chi connectivity index (χ1n) is 2.54. The maximum absolute atomic E-state index is 10.7. The second-order valence-corrected chi connectivity index (χ2v) is 1.46. The van der Waals surface area contributed by atoms with Crippen molar-refractivity contribution < 1.29 is 9.63 Å². The molecular weight excluding hydrogens is 136 g/mol. The van der Waals surface area contributed by atoms with Crippen molar-refractivity contribution in [2.45, 2.75) is 0 Å². The number of amides is 1. The van der Waals surface area contributed by atoms with Crippen LogP contribution in [0, 0.1) is 0 Å². The van der Waals surface area contributed by atoms with Crippen LogP contribution < -0.4 is 0 Å². The number of hydrogen-bond donors (Lipinski definition) is 0. The fourth-order valence-electron chi connectivity index (χ4n) is 0.294. The molecule has 0 atom stereocenters. The summed E-state index contributed by atoms with van der Waals surface area (Å²) in [6, 6.07) is 0. The molecule has 0 aromatic carbocycles. The van der Waals surface area contributed by atoms with Crippen molar-refractivity contribution in [1.82, 2.24) is 5.06 Å². The van der Waals surface area contributed by atoms with Crippen LogP contribution in [0.25, 0.3) is 10.4 Å². The molecule has 0 N–H and O–H groups in total. The molecule has 0 saturated carbocycles. The SMILES string of the molecule is CON(C)C(=O)CN=[N+]=[N-]. The average Bonchev–Trinajstić information content (AvgIpc) is 1.98. The smallest absolute Gasteiger partial charge is 0.251 e. The molecule has 0 aromatic rings. The zero-order chi connectivity index (χ0) is 7.98. The number of hydroxylamine groups is 2.